The van der Waals surface area contributed by atoms with E-state index < -0.39 is 11.7 Å². The van der Waals surface area contributed by atoms with E-state index in [2.05, 4.69) is 0 Å². The highest BCUT2D eigenvalue weighted by Gasteiger charge is 2.19. The van der Waals surface area contributed by atoms with Crippen molar-refractivity contribution in [1.82, 2.24) is 0 Å². The summed E-state index contributed by atoms with van der Waals surface area (Å²) in [6.45, 7) is 1.70. The molecule has 0 aliphatic rings. The van der Waals surface area contributed by atoms with Crippen LogP contribution in [0.1, 0.15) is 22.8 Å². The first-order valence-corrected chi connectivity index (χ1v) is 6.70. The van der Waals surface area contributed by atoms with Gasteiger partial charge in [0.15, 0.2) is 18.5 Å². The van der Waals surface area contributed by atoms with Crippen LogP contribution < -0.4 is 0 Å². The molecule has 21 heavy (non-hydrogen) atoms. The number of hydroxylamine groups is 1. The Labute approximate surface area is 122 Å². The summed E-state index contributed by atoms with van der Waals surface area (Å²) < 4.78 is 13.8. The Kier molecular flexibility index (Phi) is 4.82. The molecule has 1 unspecified atom stereocenters. The van der Waals surface area contributed by atoms with Crippen molar-refractivity contribution in [3.8, 4) is 0 Å². The van der Waals surface area contributed by atoms with Gasteiger partial charge in [0.05, 0.1) is 5.92 Å². The molecule has 0 fully saturated rings. The monoisotopic (exact) mass is 285 g/mol. The molecule has 0 saturated heterocycles. The molecule has 0 radical (unpaired) electrons. The Morgan fingerprint density at radius 2 is 1.95 bits per heavy atom. The summed E-state index contributed by atoms with van der Waals surface area (Å²) in [5.74, 6) is -1.20. The molecular weight excluding hydrogens is 269 g/mol. The first-order chi connectivity index (χ1) is 10.1. The second-order valence-corrected chi connectivity index (χ2v) is 4.92. The van der Waals surface area contributed by atoms with Crippen molar-refractivity contribution < 1.29 is 13.9 Å². The van der Waals surface area contributed by atoms with Crippen LogP contribution in [0.5, 0.6) is 0 Å². The predicted octanol–water partition coefficient (Wildman–Crippen LogP) is 3.27. The van der Waals surface area contributed by atoms with Crippen molar-refractivity contribution in [3.05, 3.63) is 76.7 Å². The summed E-state index contributed by atoms with van der Waals surface area (Å²) in [5.41, 5.74) is 1.06. The van der Waals surface area contributed by atoms with Crippen molar-refractivity contribution in [2.75, 3.05) is 6.54 Å². The summed E-state index contributed by atoms with van der Waals surface area (Å²) >= 11 is 0. The summed E-state index contributed by atoms with van der Waals surface area (Å²) in [6.07, 6.45) is 1.44. The van der Waals surface area contributed by atoms with Crippen LogP contribution in [-0.2, 0) is 0 Å². The quantitative estimate of drug-likeness (QED) is 0.278. The van der Waals surface area contributed by atoms with Gasteiger partial charge in [0.25, 0.3) is 0 Å². The third-order valence-corrected chi connectivity index (χ3v) is 3.10. The van der Waals surface area contributed by atoms with Crippen molar-refractivity contribution in [1.29, 1.82) is 0 Å². The van der Waals surface area contributed by atoms with Crippen LogP contribution >= 0.6 is 0 Å². The van der Waals surface area contributed by atoms with Crippen molar-refractivity contribution in [2.45, 2.75) is 6.92 Å². The van der Waals surface area contributed by atoms with Crippen LogP contribution in [0.25, 0.3) is 0 Å². The standard InChI is InChI=1S/C17H16FNO2/c1-13(17(20)15-8-5-9-16(18)10-15)11-19(21)12-14-6-3-2-4-7-14/h2-10,12-13H,11H2,1H3. The number of rotatable bonds is 5. The van der Waals surface area contributed by atoms with Gasteiger partial charge in [0.1, 0.15) is 5.82 Å². The molecule has 0 saturated carbocycles. The topological polar surface area (TPSA) is 43.1 Å². The zero-order valence-corrected chi connectivity index (χ0v) is 11.7. The van der Waals surface area contributed by atoms with Gasteiger partial charge < -0.3 is 5.21 Å². The Morgan fingerprint density at radius 1 is 1.24 bits per heavy atom. The molecule has 0 N–H and O–H groups in total. The maximum absolute atomic E-state index is 13.1. The third kappa shape index (κ3) is 4.24. The number of ketones is 1. The molecule has 0 aromatic heterocycles. The fourth-order valence-electron chi connectivity index (χ4n) is 2.04. The number of hydrogen-bond donors (Lipinski definition) is 0. The summed E-state index contributed by atoms with van der Waals surface area (Å²) in [6, 6.07) is 14.7. The van der Waals surface area contributed by atoms with Gasteiger partial charge in [-0.15, -0.1) is 0 Å². The highest BCUT2D eigenvalue weighted by atomic mass is 19.1. The summed E-state index contributed by atoms with van der Waals surface area (Å²) in [5, 5.41) is 11.9. The number of Topliss-reactive ketones (excluding diaryl/α,β-unsaturated/α-hetero) is 1. The van der Waals surface area contributed by atoms with E-state index in [1.54, 1.807) is 13.0 Å². The van der Waals surface area contributed by atoms with Gasteiger partial charge in [-0.25, -0.2) is 9.13 Å². The van der Waals surface area contributed by atoms with E-state index >= 15 is 0 Å². The molecule has 2 aromatic carbocycles. The second-order valence-electron chi connectivity index (χ2n) is 4.92. The summed E-state index contributed by atoms with van der Waals surface area (Å²) in [7, 11) is 0. The maximum atomic E-state index is 13.1. The van der Waals surface area contributed by atoms with Gasteiger partial charge in [-0.1, -0.05) is 30.3 Å². The number of nitrogens with zero attached hydrogens (tertiary/aromatic N) is 1. The lowest BCUT2D eigenvalue weighted by Gasteiger charge is -2.11. The van der Waals surface area contributed by atoms with E-state index in [9.17, 15) is 14.4 Å². The average molecular weight is 285 g/mol. The largest absolute Gasteiger partial charge is 0.624 e. The van der Waals surface area contributed by atoms with Crippen LogP contribution in [-0.4, -0.2) is 23.3 Å². The second kappa shape index (κ2) is 6.79. The van der Waals surface area contributed by atoms with Crippen LogP contribution in [0.4, 0.5) is 4.39 Å². The zero-order valence-electron chi connectivity index (χ0n) is 11.7. The van der Waals surface area contributed by atoms with E-state index in [1.165, 1.54) is 24.4 Å². The van der Waals surface area contributed by atoms with Gasteiger partial charge in [-0.05, 0) is 31.2 Å². The van der Waals surface area contributed by atoms with Gasteiger partial charge >= 0.3 is 0 Å². The maximum Gasteiger partial charge on any atom is 0.181 e. The molecule has 0 aliphatic heterocycles. The number of carbonyl (C=O) groups excluding carboxylic acids is 1. The molecule has 0 aliphatic carbocycles. The Balaban J connectivity index is 2.05. The molecule has 108 valence electrons. The Morgan fingerprint density at radius 3 is 2.62 bits per heavy atom. The predicted molar refractivity (Wildman–Crippen MR) is 80.0 cm³/mol. The molecule has 0 heterocycles. The lowest BCUT2D eigenvalue weighted by atomic mass is 9.99. The van der Waals surface area contributed by atoms with Crippen molar-refractivity contribution >= 4 is 12.0 Å². The molecule has 1 atom stereocenters. The summed E-state index contributed by atoms with van der Waals surface area (Å²) in [4.78, 5) is 12.1. The fraction of sp³-hybridized carbons (Fsp3) is 0.176. The van der Waals surface area contributed by atoms with E-state index in [1.807, 2.05) is 30.3 Å². The van der Waals surface area contributed by atoms with Crippen molar-refractivity contribution in [2.24, 2.45) is 5.92 Å². The number of hydrogen-bond acceptors (Lipinski definition) is 2. The van der Waals surface area contributed by atoms with Gasteiger partial charge in [-0.2, -0.15) is 0 Å². The van der Waals surface area contributed by atoms with E-state index in [-0.39, 0.29) is 17.9 Å². The molecular formula is C17H16FNO2. The van der Waals surface area contributed by atoms with Crippen LogP contribution in [0.2, 0.25) is 0 Å². The smallest absolute Gasteiger partial charge is 0.181 e. The highest BCUT2D eigenvalue weighted by Crippen LogP contribution is 2.11. The molecule has 4 heteroatoms. The molecule has 2 rings (SSSR count). The average Bonchev–Trinajstić information content (AvgIpc) is 2.47. The van der Waals surface area contributed by atoms with Crippen LogP contribution in [0.3, 0.4) is 0 Å². The lowest BCUT2D eigenvalue weighted by Crippen LogP contribution is -2.22. The molecule has 2 aromatic rings. The Bertz CT molecular complexity index is 653. The lowest BCUT2D eigenvalue weighted by molar-refractivity contribution is -0.457. The number of carbonyl (C=O) groups is 1. The zero-order chi connectivity index (χ0) is 15.2. The van der Waals surface area contributed by atoms with E-state index in [0.29, 0.717) is 0 Å². The SMILES string of the molecule is CC(C[N+]([O-])=Cc1ccccc1)C(=O)c1cccc(F)c1. The minimum absolute atomic E-state index is 0.0320. The minimum Gasteiger partial charge on any atom is -0.624 e. The van der Waals surface area contributed by atoms with Gasteiger partial charge in [-0.3, -0.25) is 4.79 Å². The van der Waals surface area contributed by atoms with Crippen molar-refractivity contribution in [3.63, 3.8) is 0 Å². The first-order valence-electron chi connectivity index (χ1n) is 6.70. The first kappa shape index (κ1) is 14.9. The van der Waals surface area contributed by atoms with Gasteiger partial charge in [0, 0.05) is 11.1 Å². The number of halogens is 1. The number of benzene rings is 2. The molecule has 0 amide bonds. The van der Waals surface area contributed by atoms with Crippen LogP contribution in [0, 0.1) is 16.9 Å². The normalized spacial score (nSPS) is 13.0. The minimum atomic E-state index is -0.510. The highest BCUT2D eigenvalue weighted by molar-refractivity contribution is 5.97. The molecule has 0 bridgehead atoms. The fourth-order valence-corrected chi connectivity index (χ4v) is 2.04. The Hall–Kier alpha value is -2.49. The van der Waals surface area contributed by atoms with E-state index in [4.69, 9.17) is 0 Å². The van der Waals surface area contributed by atoms with Gasteiger partial charge in [0.2, 0.25) is 0 Å². The molecule has 0 spiro atoms. The van der Waals surface area contributed by atoms with Crippen LogP contribution in [0.15, 0.2) is 54.6 Å². The molecule has 3 nitrogen and oxygen atoms in total. The third-order valence-electron chi connectivity index (χ3n) is 3.10. The van der Waals surface area contributed by atoms with E-state index in [0.717, 1.165) is 10.3 Å².